The van der Waals surface area contributed by atoms with Gasteiger partial charge in [0.15, 0.2) is 0 Å². The molecule has 0 spiro atoms. The van der Waals surface area contributed by atoms with Crippen LogP contribution in [0.2, 0.25) is 0 Å². The van der Waals surface area contributed by atoms with Crippen LogP contribution < -0.4 is 14.2 Å². The minimum Gasteiger partial charge on any atom is -0.507 e. The molecule has 1 amide bonds. The minimum atomic E-state index is -0.807. The molecular formula is C24H27NO7. The molecule has 2 aromatic carbocycles. The van der Waals surface area contributed by atoms with Crippen LogP contribution in [0.3, 0.4) is 0 Å². The summed E-state index contributed by atoms with van der Waals surface area (Å²) in [6.07, 6.45) is 0.531. The van der Waals surface area contributed by atoms with Crippen molar-refractivity contribution in [3.05, 3.63) is 59.2 Å². The number of rotatable bonds is 9. The molecule has 0 saturated carbocycles. The fourth-order valence-electron chi connectivity index (χ4n) is 3.73. The molecule has 1 atom stereocenters. The summed E-state index contributed by atoms with van der Waals surface area (Å²) in [6, 6.07) is 11.0. The fraction of sp³-hybridized carbons (Fsp3) is 0.333. The van der Waals surface area contributed by atoms with Crippen molar-refractivity contribution in [3.63, 3.8) is 0 Å². The van der Waals surface area contributed by atoms with E-state index < -0.39 is 17.7 Å². The second-order valence-corrected chi connectivity index (χ2v) is 7.21. The summed E-state index contributed by atoms with van der Waals surface area (Å²) < 4.78 is 21.0. The van der Waals surface area contributed by atoms with E-state index in [0.29, 0.717) is 41.4 Å². The van der Waals surface area contributed by atoms with E-state index in [9.17, 15) is 14.7 Å². The van der Waals surface area contributed by atoms with Gasteiger partial charge in [-0.25, -0.2) is 0 Å². The van der Waals surface area contributed by atoms with Crippen LogP contribution in [-0.2, 0) is 14.3 Å². The molecule has 170 valence electrons. The van der Waals surface area contributed by atoms with Crippen molar-refractivity contribution in [2.24, 2.45) is 0 Å². The Morgan fingerprint density at radius 2 is 1.50 bits per heavy atom. The van der Waals surface area contributed by atoms with E-state index in [1.54, 1.807) is 49.6 Å². The smallest absolute Gasteiger partial charge is 0.295 e. The van der Waals surface area contributed by atoms with Gasteiger partial charge in [-0.15, -0.1) is 0 Å². The SMILES string of the molecule is COCCCN1C(=O)C(=O)C(=C(O)c2ccc(OC)cc2)[C@H]1c1cc(OC)cc(OC)c1. The van der Waals surface area contributed by atoms with Crippen LogP contribution in [0.15, 0.2) is 48.0 Å². The zero-order valence-corrected chi connectivity index (χ0v) is 18.6. The number of ether oxygens (including phenoxy) is 4. The monoisotopic (exact) mass is 441 g/mol. The lowest BCUT2D eigenvalue weighted by Gasteiger charge is -2.26. The second-order valence-electron chi connectivity index (χ2n) is 7.21. The minimum absolute atomic E-state index is 0.00731. The Morgan fingerprint density at radius 3 is 2.03 bits per heavy atom. The molecule has 3 rings (SSSR count). The first-order valence-electron chi connectivity index (χ1n) is 10.1. The number of ketones is 1. The summed E-state index contributed by atoms with van der Waals surface area (Å²) in [5.74, 6) is -0.0642. The van der Waals surface area contributed by atoms with Gasteiger partial charge in [0, 0.05) is 31.9 Å². The zero-order chi connectivity index (χ0) is 23.3. The molecule has 1 heterocycles. The lowest BCUT2D eigenvalue weighted by Crippen LogP contribution is -2.31. The zero-order valence-electron chi connectivity index (χ0n) is 18.6. The van der Waals surface area contributed by atoms with Crippen molar-refractivity contribution in [1.29, 1.82) is 0 Å². The first kappa shape index (κ1) is 23.1. The van der Waals surface area contributed by atoms with Crippen molar-refractivity contribution in [2.75, 3.05) is 41.6 Å². The third-order valence-corrected chi connectivity index (χ3v) is 5.34. The Hall–Kier alpha value is -3.52. The van der Waals surface area contributed by atoms with E-state index >= 15 is 0 Å². The summed E-state index contributed by atoms with van der Waals surface area (Å²) >= 11 is 0. The number of aliphatic hydroxyl groups is 1. The predicted octanol–water partition coefficient (Wildman–Crippen LogP) is 3.17. The summed E-state index contributed by atoms with van der Waals surface area (Å²) in [6.45, 7) is 0.706. The predicted molar refractivity (Wildman–Crippen MR) is 118 cm³/mol. The van der Waals surface area contributed by atoms with Crippen LogP contribution in [0.4, 0.5) is 0 Å². The quantitative estimate of drug-likeness (QED) is 0.276. The third kappa shape index (κ3) is 4.55. The fourth-order valence-corrected chi connectivity index (χ4v) is 3.73. The van der Waals surface area contributed by atoms with Crippen molar-refractivity contribution in [3.8, 4) is 17.2 Å². The normalized spacial score (nSPS) is 17.5. The molecule has 0 aliphatic carbocycles. The van der Waals surface area contributed by atoms with Gasteiger partial charge >= 0.3 is 0 Å². The summed E-state index contributed by atoms with van der Waals surface area (Å²) in [4.78, 5) is 27.4. The third-order valence-electron chi connectivity index (χ3n) is 5.34. The van der Waals surface area contributed by atoms with Crippen LogP contribution in [0.25, 0.3) is 5.76 Å². The van der Waals surface area contributed by atoms with E-state index in [2.05, 4.69) is 0 Å². The maximum absolute atomic E-state index is 13.1. The van der Waals surface area contributed by atoms with Gasteiger partial charge in [0.1, 0.15) is 23.0 Å². The summed E-state index contributed by atoms with van der Waals surface area (Å²) in [7, 11) is 6.15. The maximum Gasteiger partial charge on any atom is 0.295 e. The average Bonchev–Trinajstić information content (AvgIpc) is 3.08. The first-order chi connectivity index (χ1) is 15.4. The summed E-state index contributed by atoms with van der Waals surface area (Å²) in [5.41, 5.74) is 1.00. The molecule has 1 aliphatic heterocycles. The molecule has 0 bridgehead atoms. The van der Waals surface area contributed by atoms with E-state index in [-0.39, 0.29) is 17.9 Å². The molecule has 2 aromatic rings. The van der Waals surface area contributed by atoms with E-state index in [4.69, 9.17) is 18.9 Å². The van der Waals surface area contributed by atoms with Gasteiger partial charge in [-0.3, -0.25) is 9.59 Å². The largest absolute Gasteiger partial charge is 0.507 e. The number of likely N-dealkylation sites (tertiary alicyclic amines) is 1. The topological polar surface area (TPSA) is 94.5 Å². The Labute approximate surface area is 187 Å². The van der Waals surface area contributed by atoms with Crippen molar-refractivity contribution in [1.82, 2.24) is 4.90 Å². The van der Waals surface area contributed by atoms with Gasteiger partial charge in [0.2, 0.25) is 0 Å². The molecule has 8 heteroatoms. The Morgan fingerprint density at radius 1 is 0.906 bits per heavy atom. The van der Waals surface area contributed by atoms with Crippen LogP contribution in [0, 0.1) is 0 Å². The van der Waals surface area contributed by atoms with Crippen molar-refractivity contribution >= 4 is 17.4 Å². The molecule has 1 saturated heterocycles. The number of benzene rings is 2. The number of hydrogen-bond donors (Lipinski definition) is 1. The molecule has 0 radical (unpaired) electrons. The first-order valence-corrected chi connectivity index (χ1v) is 10.1. The van der Waals surface area contributed by atoms with Gasteiger partial charge in [-0.2, -0.15) is 0 Å². The van der Waals surface area contributed by atoms with Gasteiger partial charge < -0.3 is 29.0 Å². The molecular weight excluding hydrogens is 414 g/mol. The highest BCUT2D eigenvalue weighted by Gasteiger charge is 2.46. The highest BCUT2D eigenvalue weighted by Crippen LogP contribution is 2.41. The van der Waals surface area contributed by atoms with E-state index in [0.717, 1.165) is 0 Å². The second kappa shape index (κ2) is 10.2. The summed E-state index contributed by atoms with van der Waals surface area (Å²) in [5, 5.41) is 11.1. The van der Waals surface area contributed by atoms with Crippen LogP contribution in [0.1, 0.15) is 23.6 Å². The molecule has 8 nitrogen and oxygen atoms in total. The van der Waals surface area contributed by atoms with Crippen molar-refractivity contribution in [2.45, 2.75) is 12.5 Å². The van der Waals surface area contributed by atoms with E-state index in [1.807, 2.05) is 0 Å². The lowest BCUT2D eigenvalue weighted by atomic mass is 9.94. The molecule has 0 unspecified atom stereocenters. The molecule has 32 heavy (non-hydrogen) atoms. The number of Topliss-reactive ketones (excluding diaryl/α,β-unsaturated/α-hetero) is 1. The number of nitrogens with zero attached hydrogens (tertiary/aromatic N) is 1. The molecule has 1 fully saturated rings. The molecule has 1 aliphatic rings. The Balaban J connectivity index is 2.16. The maximum atomic E-state index is 13.1. The van der Waals surface area contributed by atoms with Crippen molar-refractivity contribution < 1.29 is 33.6 Å². The van der Waals surface area contributed by atoms with Crippen LogP contribution >= 0.6 is 0 Å². The van der Waals surface area contributed by atoms with Gasteiger partial charge in [-0.05, 0) is 48.4 Å². The number of carbonyl (C=O) groups excluding carboxylic acids is 2. The van der Waals surface area contributed by atoms with Gasteiger partial charge in [-0.1, -0.05) is 0 Å². The standard InChI is InChI=1S/C24H27NO7/c1-29-11-5-10-25-21(16-12-18(31-3)14-19(13-16)32-4)20(23(27)24(25)28)22(26)15-6-8-17(30-2)9-7-15/h6-9,12-14,21,26H,5,10-11H2,1-4H3/t21-/m1/s1. The lowest BCUT2D eigenvalue weighted by molar-refractivity contribution is -0.140. The highest BCUT2D eigenvalue weighted by atomic mass is 16.5. The highest BCUT2D eigenvalue weighted by molar-refractivity contribution is 6.46. The molecule has 0 aromatic heterocycles. The number of methoxy groups -OCH3 is 4. The number of hydrogen-bond acceptors (Lipinski definition) is 7. The Kier molecular flexibility index (Phi) is 7.37. The van der Waals surface area contributed by atoms with Crippen LogP contribution in [0.5, 0.6) is 17.2 Å². The van der Waals surface area contributed by atoms with Crippen LogP contribution in [-0.4, -0.2) is 63.3 Å². The Bertz CT molecular complexity index is 991. The van der Waals surface area contributed by atoms with E-state index in [1.165, 1.54) is 26.2 Å². The number of amides is 1. The number of aliphatic hydroxyl groups excluding tert-OH is 1. The van der Waals surface area contributed by atoms with Gasteiger partial charge in [0.25, 0.3) is 11.7 Å². The van der Waals surface area contributed by atoms with Gasteiger partial charge in [0.05, 0.1) is 32.9 Å². The number of carbonyl (C=O) groups is 2. The molecule has 1 N–H and O–H groups in total. The average molecular weight is 441 g/mol.